The summed E-state index contributed by atoms with van der Waals surface area (Å²) in [7, 11) is 1.73. The van der Waals surface area contributed by atoms with Crippen LogP contribution in [0.25, 0.3) is 0 Å². The number of amides is 1. The van der Waals surface area contributed by atoms with Crippen LogP contribution in [-0.2, 0) is 10.2 Å². The first-order valence-corrected chi connectivity index (χ1v) is 5.26. The third-order valence-corrected chi connectivity index (χ3v) is 3.02. The molecule has 1 unspecified atom stereocenters. The molecule has 4 nitrogen and oxygen atoms in total. The highest BCUT2D eigenvalue weighted by atomic mass is 16.6. The lowest BCUT2D eigenvalue weighted by molar-refractivity contribution is 0.0432. The maximum atomic E-state index is 11.3. The number of cyclic esters (lactones) is 1. The van der Waals surface area contributed by atoms with E-state index in [0.29, 0.717) is 13.2 Å². The minimum Gasteiger partial charge on any atom is -0.448 e. The second kappa shape index (κ2) is 3.70. The van der Waals surface area contributed by atoms with Crippen LogP contribution in [0.5, 0.6) is 0 Å². The molecule has 0 radical (unpaired) electrons. The van der Waals surface area contributed by atoms with Crippen LogP contribution in [-0.4, -0.2) is 31.2 Å². The van der Waals surface area contributed by atoms with Gasteiger partial charge in [-0.3, -0.25) is 0 Å². The number of carbonyl (C=O) groups is 1. The van der Waals surface area contributed by atoms with Crippen molar-refractivity contribution in [2.75, 3.05) is 25.9 Å². The van der Waals surface area contributed by atoms with Gasteiger partial charge in [0.1, 0.15) is 6.61 Å². The van der Waals surface area contributed by atoms with Gasteiger partial charge in [-0.15, -0.1) is 0 Å². The van der Waals surface area contributed by atoms with Crippen LogP contribution in [0, 0.1) is 0 Å². The molecule has 1 aliphatic heterocycles. The van der Waals surface area contributed by atoms with Crippen LogP contribution in [0.4, 0.5) is 10.5 Å². The molecule has 2 rings (SSSR count). The zero-order chi connectivity index (χ0) is 11.8. The number of para-hydroxylation sites is 1. The Hall–Kier alpha value is -1.71. The monoisotopic (exact) mass is 220 g/mol. The van der Waals surface area contributed by atoms with Crippen molar-refractivity contribution in [2.24, 2.45) is 0 Å². The lowest BCUT2D eigenvalue weighted by Crippen LogP contribution is -2.49. The van der Waals surface area contributed by atoms with Crippen molar-refractivity contribution in [3.8, 4) is 0 Å². The van der Waals surface area contributed by atoms with Crippen molar-refractivity contribution in [2.45, 2.75) is 12.3 Å². The number of likely N-dealkylation sites (N-methyl/N-ethyl adjacent to an activating group) is 1. The molecule has 1 atom stereocenters. The van der Waals surface area contributed by atoms with E-state index in [2.05, 4.69) is 6.92 Å². The lowest BCUT2D eigenvalue weighted by atomic mass is 9.81. The summed E-state index contributed by atoms with van der Waals surface area (Å²) in [5.41, 5.74) is 7.51. The van der Waals surface area contributed by atoms with Crippen molar-refractivity contribution in [3.63, 3.8) is 0 Å². The number of carbonyl (C=O) groups excluding carboxylic acids is 1. The van der Waals surface area contributed by atoms with E-state index in [4.69, 9.17) is 10.5 Å². The quantitative estimate of drug-likeness (QED) is 0.731. The Morgan fingerprint density at radius 2 is 2.12 bits per heavy atom. The predicted molar refractivity (Wildman–Crippen MR) is 62.2 cm³/mol. The normalized spacial score (nSPS) is 25.4. The SMILES string of the molecule is CN1CC(C)(c2ccccc2N)COC1=O. The highest BCUT2D eigenvalue weighted by Gasteiger charge is 2.37. The van der Waals surface area contributed by atoms with E-state index in [0.717, 1.165) is 11.3 Å². The molecule has 1 heterocycles. The minimum atomic E-state index is -0.271. The Balaban J connectivity index is 2.33. The number of nitrogen functional groups attached to an aromatic ring is 1. The van der Waals surface area contributed by atoms with E-state index in [1.807, 2.05) is 24.3 Å². The van der Waals surface area contributed by atoms with Gasteiger partial charge in [0.05, 0.1) is 0 Å². The lowest BCUT2D eigenvalue weighted by Gasteiger charge is -2.38. The molecule has 0 spiro atoms. The Morgan fingerprint density at radius 1 is 1.44 bits per heavy atom. The van der Waals surface area contributed by atoms with Gasteiger partial charge in [0.2, 0.25) is 0 Å². The molecular weight excluding hydrogens is 204 g/mol. The summed E-state index contributed by atoms with van der Waals surface area (Å²) in [6.45, 7) is 3.06. The minimum absolute atomic E-state index is 0.228. The van der Waals surface area contributed by atoms with Crippen LogP contribution < -0.4 is 5.73 Å². The van der Waals surface area contributed by atoms with Gasteiger partial charge in [-0.1, -0.05) is 25.1 Å². The maximum absolute atomic E-state index is 11.3. The first kappa shape index (κ1) is 10.8. The van der Waals surface area contributed by atoms with E-state index in [9.17, 15) is 4.79 Å². The Morgan fingerprint density at radius 3 is 2.75 bits per heavy atom. The van der Waals surface area contributed by atoms with Gasteiger partial charge in [-0.25, -0.2) is 4.79 Å². The standard InChI is InChI=1S/C12H16N2O2/c1-12(7-14(2)11(15)16-8-12)9-5-3-4-6-10(9)13/h3-6H,7-8,13H2,1-2H3. The van der Waals surface area contributed by atoms with Crippen molar-refractivity contribution < 1.29 is 9.53 Å². The number of anilines is 1. The fraction of sp³-hybridized carbons (Fsp3) is 0.417. The second-order valence-corrected chi connectivity index (χ2v) is 4.56. The molecule has 86 valence electrons. The van der Waals surface area contributed by atoms with Crippen molar-refractivity contribution in [1.29, 1.82) is 0 Å². The van der Waals surface area contributed by atoms with E-state index < -0.39 is 0 Å². The third kappa shape index (κ3) is 1.71. The fourth-order valence-corrected chi connectivity index (χ4v) is 2.17. The smallest absolute Gasteiger partial charge is 0.409 e. The van der Waals surface area contributed by atoms with Crippen molar-refractivity contribution in [1.82, 2.24) is 4.90 Å². The number of hydrogen-bond acceptors (Lipinski definition) is 3. The Bertz CT molecular complexity index is 419. The summed E-state index contributed by atoms with van der Waals surface area (Å²) in [6.07, 6.45) is -0.271. The number of hydrogen-bond donors (Lipinski definition) is 1. The number of ether oxygens (including phenoxy) is 1. The molecular formula is C12H16N2O2. The average Bonchev–Trinajstić information content (AvgIpc) is 2.25. The van der Waals surface area contributed by atoms with Gasteiger partial charge in [-0.2, -0.15) is 0 Å². The molecule has 1 aromatic rings. The molecule has 1 aliphatic rings. The zero-order valence-corrected chi connectivity index (χ0v) is 9.56. The van der Waals surface area contributed by atoms with E-state index in [1.54, 1.807) is 11.9 Å². The highest BCUT2D eigenvalue weighted by Crippen LogP contribution is 2.32. The van der Waals surface area contributed by atoms with Crippen LogP contribution in [0.15, 0.2) is 24.3 Å². The zero-order valence-electron chi connectivity index (χ0n) is 9.56. The van der Waals surface area contributed by atoms with E-state index in [1.165, 1.54) is 0 Å². The van der Waals surface area contributed by atoms with E-state index >= 15 is 0 Å². The molecule has 16 heavy (non-hydrogen) atoms. The third-order valence-electron chi connectivity index (χ3n) is 3.02. The molecule has 0 aromatic heterocycles. The first-order chi connectivity index (χ1) is 7.53. The number of nitrogens with zero attached hydrogens (tertiary/aromatic N) is 1. The van der Waals surface area contributed by atoms with Crippen molar-refractivity contribution in [3.05, 3.63) is 29.8 Å². The Labute approximate surface area is 95.0 Å². The van der Waals surface area contributed by atoms with Gasteiger partial charge in [0.15, 0.2) is 0 Å². The molecule has 0 saturated carbocycles. The molecule has 1 saturated heterocycles. The maximum Gasteiger partial charge on any atom is 0.409 e. The summed E-state index contributed by atoms with van der Waals surface area (Å²) >= 11 is 0. The molecule has 1 fully saturated rings. The van der Waals surface area contributed by atoms with Crippen molar-refractivity contribution >= 4 is 11.8 Å². The Kier molecular flexibility index (Phi) is 2.50. The molecule has 2 N–H and O–H groups in total. The molecule has 0 bridgehead atoms. The fourth-order valence-electron chi connectivity index (χ4n) is 2.17. The number of benzene rings is 1. The summed E-state index contributed by atoms with van der Waals surface area (Å²) in [5, 5.41) is 0. The van der Waals surface area contributed by atoms with Gasteiger partial charge in [-0.05, 0) is 11.6 Å². The van der Waals surface area contributed by atoms with Gasteiger partial charge >= 0.3 is 6.09 Å². The van der Waals surface area contributed by atoms with Gasteiger partial charge < -0.3 is 15.4 Å². The van der Waals surface area contributed by atoms with Gasteiger partial charge in [0, 0.05) is 24.7 Å². The van der Waals surface area contributed by atoms with Crippen LogP contribution in [0.3, 0.4) is 0 Å². The second-order valence-electron chi connectivity index (χ2n) is 4.56. The molecule has 4 heteroatoms. The van der Waals surface area contributed by atoms with Gasteiger partial charge in [0.25, 0.3) is 0 Å². The summed E-state index contributed by atoms with van der Waals surface area (Å²) in [6, 6.07) is 7.72. The molecule has 1 amide bonds. The molecule has 0 aliphatic carbocycles. The van der Waals surface area contributed by atoms with Crippen LogP contribution >= 0.6 is 0 Å². The summed E-state index contributed by atoms with van der Waals surface area (Å²) in [4.78, 5) is 12.8. The largest absolute Gasteiger partial charge is 0.448 e. The number of rotatable bonds is 1. The summed E-state index contributed by atoms with van der Waals surface area (Å²) in [5.74, 6) is 0. The molecule has 1 aromatic carbocycles. The average molecular weight is 220 g/mol. The van der Waals surface area contributed by atoms with Crippen LogP contribution in [0.1, 0.15) is 12.5 Å². The topological polar surface area (TPSA) is 55.6 Å². The summed E-state index contributed by atoms with van der Waals surface area (Å²) < 4.78 is 5.15. The predicted octanol–water partition coefficient (Wildman–Crippen LogP) is 1.61. The number of nitrogens with two attached hydrogens (primary N) is 1. The van der Waals surface area contributed by atoms with E-state index in [-0.39, 0.29) is 11.5 Å². The van der Waals surface area contributed by atoms with Crippen LogP contribution in [0.2, 0.25) is 0 Å². The first-order valence-electron chi connectivity index (χ1n) is 5.26. The highest BCUT2D eigenvalue weighted by molar-refractivity contribution is 5.69.